The molecule has 0 radical (unpaired) electrons. The Labute approximate surface area is 114 Å². The molecule has 104 valence electrons. The summed E-state index contributed by atoms with van der Waals surface area (Å²) in [5, 5.41) is 6.29. The van der Waals surface area contributed by atoms with Crippen LogP contribution >= 0.6 is 0 Å². The second kappa shape index (κ2) is 5.65. The number of hydrogen-bond acceptors (Lipinski definition) is 4. The van der Waals surface area contributed by atoms with Gasteiger partial charge in [0.15, 0.2) is 0 Å². The van der Waals surface area contributed by atoms with Gasteiger partial charge in [0.2, 0.25) is 5.91 Å². The van der Waals surface area contributed by atoms with Crippen LogP contribution in [0.25, 0.3) is 0 Å². The van der Waals surface area contributed by atoms with Crippen LogP contribution in [0.15, 0.2) is 12.4 Å². The Hall–Kier alpha value is -1.49. The van der Waals surface area contributed by atoms with Gasteiger partial charge in [-0.25, -0.2) is 0 Å². The molecular weight excluding hydrogens is 240 g/mol. The molecule has 0 aliphatic carbocycles. The zero-order valence-electron chi connectivity index (χ0n) is 11.9. The number of nitrogens with one attached hydrogen (secondary N) is 2. The van der Waals surface area contributed by atoms with E-state index in [9.17, 15) is 4.79 Å². The van der Waals surface area contributed by atoms with Crippen molar-refractivity contribution in [1.29, 1.82) is 0 Å². The largest absolute Gasteiger partial charge is 0.350 e. The Morgan fingerprint density at radius 3 is 2.79 bits per heavy atom. The molecule has 2 rings (SSSR count). The first-order valence-corrected chi connectivity index (χ1v) is 6.81. The van der Waals surface area contributed by atoms with Crippen LogP contribution in [0.2, 0.25) is 0 Å². The number of rotatable bonds is 4. The summed E-state index contributed by atoms with van der Waals surface area (Å²) in [4.78, 5) is 20.9. The van der Waals surface area contributed by atoms with Gasteiger partial charge in [0.1, 0.15) is 0 Å². The molecule has 1 aliphatic heterocycles. The van der Waals surface area contributed by atoms with Gasteiger partial charge in [-0.3, -0.25) is 14.8 Å². The summed E-state index contributed by atoms with van der Waals surface area (Å²) < 4.78 is 0. The van der Waals surface area contributed by atoms with Crippen LogP contribution in [-0.4, -0.2) is 29.0 Å². The van der Waals surface area contributed by atoms with E-state index >= 15 is 0 Å². The summed E-state index contributed by atoms with van der Waals surface area (Å²) in [6.45, 7) is 8.23. The Morgan fingerprint density at radius 2 is 2.26 bits per heavy atom. The normalized spacial score (nSPS) is 22.7. The highest BCUT2D eigenvalue weighted by molar-refractivity contribution is 5.83. The first-order chi connectivity index (χ1) is 9.04. The summed E-state index contributed by atoms with van der Waals surface area (Å²) in [5.41, 5.74) is 1.40. The van der Waals surface area contributed by atoms with Crippen molar-refractivity contribution >= 4 is 5.91 Å². The van der Waals surface area contributed by atoms with Crippen molar-refractivity contribution in [1.82, 2.24) is 20.6 Å². The minimum Gasteiger partial charge on any atom is -0.350 e. The van der Waals surface area contributed by atoms with Gasteiger partial charge in [0.25, 0.3) is 0 Å². The zero-order chi connectivity index (χ0) is 13.9. The zero-order valence-corrected chi connectivity index (χ0v) is 11.9. The lowest BCUT2D eigenvalue weighted by Crippen LogP contribution is -2.45. The molecule has 0 bridgehead atoms. The van der Waals surface area contributed by atoms with Crippen molar-refractivity contribution in [3.05, 3.63) is 23.8 Å². The molecule has 2 heterocycles. The highest BCUT2D eigenvalue weighted by Gasteiger charge is 2.43. The van der Waals surface area contributed by atoms with Crippen molar-refractivity contribution in [2.45, 2.75) is 33.7 Å². The standard InChI is InChI=1S/C14H22N4O/c1-10(2)14(4-5-15-9-14)13(19)18-8-12-7-16-11(3)6-17-12/h6-7,10,15H,4-5,8-9H2,1-3H3,(H,18,19). The van der Waals surface area contributed by atoms with Crippen molar-refractivity contribution in [2.75, 3.05) is 13.1 Å². The molecule has 1 aliphatic rings. The third-order valence-corrected chi connectivity index (χ3v) is 4.01. The molecule has 0 spiro atoms. The molecule has 19 heavy (non-hydrogen) atoms. The van der Waals surface area contributed by atoms with Crippen LogP contribution in [-0.2, 0) is 11.3 Å². The Kier molecular flexibility index (Phi) is 4.14. The highest BCUT2D eigenvalue weighted by Crippen LogP contribution is 2.34. The summed E-state index contributed by atoms with van der Waals surface area (Å²) in [6.07, 6.45) is 4.33. The molecule has 1 aromatic rings. The quantitative estimate of drug-likeness (QED) is 0.850. The molecular formula is C14H22N4O. The fourth-order valence-corrected chi connectivity index (χ4v) is 2.52. The Bertz CT molecular complexity index is 435. The van der Waals surface area contributed by atoms with E-state index in [1.54, 1.807) is 12.4 Å². The van der Waals surface area contributed by atoms with Crippen LogP contribution < -0.4 is 10.6 Å². The number of amides is 1. The SMILES string of the molecule is Cc1cnc(CNC(=O)C2(C(C)C)CCNC2)cn1. The van der Waals surface area contributed by atoms with Gasteiger partial charge < -0.3 is 10.6 Å². The summed E-state index contributed by atoms with van der Waals surface area (Å²) >= 11 is 0. The molecule has 1 saturated heterocycles. The van der Waals surface area contributed by atoms with E-state index in [1.165, 1.54) is 0 Å². The monoisotopic (exact) mass is 262 g/mol. The van der Waals surface area contributed by atoms with E-state index in [2.05, 4.69) is 34.4 Å². The molecule has 0 saturated carbocycles. The smallest absolute Gasteiger partial charge is 0.228 e. The topological polar surface area (TPSA) is 66.9 Å². The van der Waals surface area contributed by atoms with Gasteiger partial charge >= 0.3 is 0 Å². The van der Waals surface area contributed by atoms with Gasteiger partial charge in [-0.2, -0.15) is 0 Å². The molecule has 0 aromatic carbocycles. The van der Waals surface area contributed by atoms with E-state index in [4.69, 9.17) is 0 Å². The van der Waals surface area contributed by atoms with E-state index in [0.29, 0.717) is 12.5 Å². The molecule has 5 heteroatoms. The summed E-state index contributed by atoms with van der Waals surface area (Å²) in [6, 6.07) is 0. The predicted octanol–water partition coefficient (Wildman–Crippen LogP) is 1.04. The third-order valence-electron chi connectivity index (χ3n) is 4.01. The number of aryl methyl sites for hydroxylation is 1. The lowest BCUT2D eigenvalue weighted by Gasteiger charge is -2.31. The summed E-state index contributed by atoms with van der Waals surface area (Å²) in [7, 11) is 0. The molecule has 1 atom stereocenters. The van der Waals surface area contributed by atoms with E-state index in [0.717, 1.165) is 30.9 Å². The molecule has 1 fully saturated rings. The van der Waals surface area contributed by atoms with E-state index in [1.807, 2.05) is 6.92 Å². The molecule has 5 nitrogen and oxygen atoms in total. The minimum atomic E-state index is -0.280. The number of carbonyl (C=O) groups is 1. The fraction of sp³-hybridized carbons (Fsp3) is 0.643. The van der Waals surface area contributed by atoms with E-state index < -0.39 is 0 Å². The molecule has 1 amide bonds. The third kappa shape index (κ3) is 2.92. The first kappa shape index (κ1) is 13.9. The minimum absolute atomic E-state index is 0.120. The van der Waals surface area contributed by atoms with Crippen molar-refractivity contribution in [2.24, 2.45) is 11.3 Å². The lowest BCUT2D eigenvalue weighted by atomic mass is 9.75. The van der Waals surface area contributed by atoms with Crippen molar-refractivity contribution in [3.8, 4) is 0 Å². The average molecular weight is 262 g/mol. The number of carbonyl (C=O) groups excluding carboxylic acids is 1. The van der Waals surface area contributed by atoms with E-state index in [-0.39, 0.29) is 11.3 Å². The highest BCUT2D eigenvalue weighted by atomic mass is 16.2. The van der Waals surface area contributed by atoms with Gasteiger partial charge in [0, 0.05) is 12.7 Å². The fourth-order valence-electron chi connectivity index (χ4n) is 2.52. The lowest BCUT2D eigenvalue weighted by molar-refractivity contribution is -0.132. The molecule has 1 unspecified atom stereocenters. The van der Waals surface area contributed by atoms with Crippen LogP contribution in [0.1, 0.15) is 31.7 Å². The molecule has 1 aromatic heterocycles. The number of nitrogens with zero attached hydrogens (tertiary/aromatic N) is 2. The maximum atomic E-state index is 12.4. The molecule has 2 N–H and O–H groups in total. The predicted molar refractivity (Wildman–Crippen MR) is 73.4 cm³/mol. The summed E-state index contributed by atoms with van der Waals surface area (Å²) in [5.74, 6) is 0.446. The maximum absolute atomic E-state index is 12.4. The van der Waals surface area contributed by atoms with Crippen molar-refractivity contribution in [3.63, 3.8) is 0 Å². The van der Waals surface area contributed by atoms with Crippen LogP contribution in [0.5, 0.6) is 0 Å². The second-order valence-corrected chi connectivity index (χ2v) is 5.57. The van der Waals surface area contributed by atoms with Crippen LogP contribution in [0.3, 0.4) is 0 Å². The van der Waals surface area contributed by atoms with Crippen LogP contribution in [0.4, 0.5) is 0 Å². The maximum Gasteiger partial charge on any atom is 0.228 e. The van der Waals surface area contributed by atoms with Gasteiger partial charge in [-0.05, 0) is 25.8 Å². The second-order valence-electron chi connectivity index (χ2n) is 5.57. The van der Waals surface area contributed by atoms with Crippen LogP contribution in [0, 0.1) is 18.3 Å². The van der Waals surface area contributed by atoms with Gasteiger partial charge in [-0.1, -0.05) is 13.8 Å². The van der Waals surface area contributed by atoms with Gasteiger partial charge in [-0.15, -0.1) is 0 Å². The Morgan fingerprint density at radius 1 is 1.47 bits per heavy atom. The Balaban J connectivity index is 1.98. The number of aromatic nitrogens is 2. The van der Waals surface area contributed by atoms with Crippen molar-refractivity contribution < 1.29 is 4.79 Å². The number of hydrogen-bond donors (Lipinski definition) is 2. The van der Waals surface area contributed by atoms with Gasteiger partial charge in [0.05, 0.1) is 29.5 Å². The average Bonchev–Trinajstić information content (AvgIpc) is 2.88. The first-order valence-electron chi connectivity index (χ1n) is 6.81.